The predicted molar refractivity (Wildman–Crippen MR) is 343 cm³/mol. The Morgan fingerprint density at radius 3 is 1.23 bits per heavy atom. The minimum Gasteiger partial charge on any atom is -0.464 e. The minimum absolute atomic E-state index is 0.211. The monoisotopic (exact) mass is 1140 g/mol. The average Bonchev–Trinajstić information content (AvgIpc) is 3.42. The van der Waals surface area contributed by atoms with Crippen LogP contribution in [-0.2, 0) is 21.1 Å². The SMILES string of the molecule is CSc1ccc(N(c2ccc(CS)cc2)c2ccc(C3=C4C(=O)N(c5ccc6cccnc6c5)C(c5ccc(N(c6ccc(CS)cc6)c6ccc(SC)cc6)c6ccoc56)=C4C(=O)N3c3ccc4cccnc4c3)c3occc23)cc1. The van der Waals surface area contributed by atoms with E-state index in [1.54, 1.807) is 58.2 Å². The van der Waals surface area contributed by atoms with Gasteiger partial charge in [-0.25, -0.2) is 0 Å². The van der Waals surface area contributed by atoms with Crippen LogP contribution in [0.15, 0.2) is 249 Å². The number of carbonyl (C=O) groups excluding carboxylic acids is 2. The van der Waals surface area contributed by atoms with Crippen LogP contribution in [0.1, 0.15) is 22.3 Å². The number of aromatic nitrogens is 2. The number of rotatable bonds is 14. The lowest BCUT2D eigenvalue weighted by Gasteiger charge is -2.28. The molecule has 8 aromatic carbocycles. The van der Waals surface area contributed by atoms with E-state index in [-0.39, 0.29) is 11.1 Å². The van der Waals surface area contributed by atoms with Gasteiger partial charge in [0, 0.05) is 89.1 Å². The molecule has 10 nitrogen and oxygen atoms in total. The number of nitrogens with zero attached hydrogens (tertiary/aromatic N) is 6. The second-order valence-electron chi connectivity index (χ2n) is 19.8. The largest absolute Gasteiger partial charge is 0.464 e. The van der Waals surface area contributed by atoms with Gasteiger partial charge in [0.15, 0.2) is 0 Å². The van der Waals surface area contributed by atoms with Crippen molar-refractivity contribution in [3.05, 3.63) is 252 Å². The van der Waals surface area contributed by atoms with Crippen molar-refractivity contribution in [1.29, 1.82) is 0 Å². The molecule has 0 N–H and O–H groups in total. The van der Waals surface area contributed by atoms with Gasteiger partial charge < -0.3 is 18.6 Å². The summed E-state index contributed by atoms with van der Waals surface area (Å²) in [5, 5.41) is 3.34. The molecule has 0 radical (unpaired) electrons. The van der Waals surface area contributed by atoms with Gasteiger partial charge in [-0.05, 0) is 169 Å². The quantitative estimate of drug-likeness (QED) is 0.0809. The maximum absolute atomic E-state index is 16.4. The molecule has 0 saturated carbocycles. The Balaban J connectivity index is 1.03. The maximum Gasteiger partial charge on any atom is 0.265 e. The Bertz CT molecular complexity index is 4190. The molecule has 12 aromatic rings. The number of anilines is 8. The Hall–Kier alpha value is -8.92. The molecule has 14 heteroatoms. The topological polar surface area (TPSA) is 99.2 Å². The van der Waals surface area contributed by atoms with E-state index in [1.807, 2.05) is 97.1 Å². The van der Waals surface area contributed by atoms with Gasteiger partial charge in [0.05, 0.1) is 68.8 Å². The minimum atomic E-state index is -0.405. The van der Waals surface area contributed by atoms with Gasteiger partial charge >= 0.3 is 0 Å². The summed E-state index contributed by atoms with van der Waals surface area (Å²) in [4.78, 5) is 52.2. The van der Waals surface area contributed by atoms with Gasteiger partial charge in [-0.1, -0.05) is 48.5 Å². The highest BCUT2D eigenvalue weighted by molar-refractivity contribution is 7.98. The summed E-state index contributed by atoms with van der Waals surface area (Å²) >= 11 is 12.5. The molecule has 4 aromatic heterocycles. The number of furan rings is 2. The summed E-state index contributed by atoms with van der Waals surface area (Å²) < 4.78 is 13.2. The molecule has 0 spiro atoms. The number of thiol groups is 2. The molecule has 82 heavy (non-hydrogen) atoms. The fourth-order valence-corrected chi connectivity index (χ4v) is 12.6. The number of thioether (sulfide) groups is 2. The molecular weight excluding hydrogens is 1090 g/mol. The summed E-state index contributed by atoms with van der Waals surface area (Å²) in [5.41, 5.74) is 13.3. The van der Waals surface area contributed by atoms with Crippen LogP contribution in [0, 0.1) is 0 Å². The van der Waals surface area contributed by atoms with E-state index in [9.17, 15) is 0 Å². The second kappa shape index (κ2) is 21.2. The normalized spacial score (nSPS) is 13.5. The molecular formula is C68H48N6O4S4. The Morgan fingerprint density at radius 1 is 0.463 bits per heavy atom. The Morgan fingerprint density at radius 2 is 0.854 bits per heavy atom. The van der Waals surface area contributed by atoms with Crippen LogP contribution in [0.25, 0.3) is 55.1 Å². The molecule has 0 bridgehead atoms. The van der Waals surface area contributed by atoms with Gasteiger partial charge in [-0.2, -0.15) is 25.3 Å². The highest BCUT2D eigenvalue weighted by Gasteiger charge is 2.51. The van der Waals surface area contributed by atoms with E-state index >= 15 is 9.59 Å². The first kappa shape index (κ1) is 51.2. The van der Waals surface area contributed by atoms with E-state index < -0.39 is 11.8 Å². The molecule has 0 saturated heterocycles. The van der Waals surface area contributed by atoms with Gasteiger partial charge in [-0.15, -0.1) is 23.5 Å². The zero-order chi connectivity index (χ0) is 55.6. The molecule has 6 heterocycles. The van der Waals surface area contributed by atoms with Crippen LogP contribution in [0.3, 0.4) is 0 Å². The van der Waals surface area contributed by atoms with Crippen molar-refractivity contribution >= 4 is 161 Å². The Labute approximate surface area is 492 Å². The van der Waals surface area contributed by atoms with Crippen molar-refractivity contribution in [2.45, 2.75) is 21.3 Å². The first-order chi connectivity index (χ1) is 40.3. The predicted octanol–water partition coefficient (Wildman–Crippen LogP) is 17.7. The van der Waals surface area contributed by atoms with E-state index in [2.05, 4.69) is 145 Å². The number of fused-ring (bicyclic) bond motifs is 5. The standard InChI is InChI=1S/C68H48N6O4S4/c1-81-51-23-19-47(20-24-51)71(45-13-7-41(39-79)8-14-45)59-29-27-55(65-53(59)31-35-77-65)63-61-62(68(76)73(63)49-17-11-43-5-3-33-69-57(43)37-49)64(74(67(61)75)50-18-12-44-6-4-34-70-58(44)38-50)56-28-30-60(54-32-36-78-66(54)56)72(46-15-9-42(40-80)10-16-46)48-21-25-52(82-2)26-22-48/h3-38,79-80H,39-40H2,1-2H3. The van der Waals surface area contributed by atoms with Crippen LogP contribution in [0.5, 0.6) is 0 Å². The van der Waals surface area contributed by atoms with E-state index in [0.29, 0.717) is 67.6 Å². The lowest BCUT2D eigenvalue weighted by atomic mass is 9.99. The summed E-state index contributed by atoms with van der Waals surface area (Å²) in [5.74, 6) is 0.394. The van der Waals surface area contributed by atoms with Gasteiger partial charge in [0.2, 0.25) is 0 Å². The number of amides is 2. The molecule has 398 valence electrons. The summed E-state index contributed by atoms with van der Waals surface area (Å²) in [6.45, 7) is 0. The molecule has 14 rings (SSSR count). The van der Waals surface area contributed by atoms with Crippen LogP contribution in [-0.4, -0.2) is 34.3 Å². The van der Waals surface area contributed by atoms with Crippen LogP contribution in [0.2, 0.25) is 0 Å². The smallest absolute Gasteiger partial charge is 0.265 e. The van der Waals surface area contributed by atoms with Crippen molar-refractivity contribution in [2.24, 2.45) is 0 Å². The zero-order valence-electron chi connectivity index (χ0n) is 44.2. The number of hydrogen-bond acceptors (Lipinski definition) is 12. The summed E-state index contributed by atoms with van der Waals surface area (Å²) in [7, 11) is 0. The lowest BCUT2D eigenvalue weighted by Crippen LogP contribution is -2.30. The van der Waals surface area contributed by atoms with Crippen molar-refractivity contribution in [1.82, 2.24) is 9.97 Å². The fraction of sp³-hybridized carbons (Fsp3) is 0.0588. The molecule has 0 aliphatic carbocycles. The lowest BCUT2D eigenvalue weighted by molar-refractivity contribution is -0.115. The van der Waals surface area contributed by atoms with Gasteiger partial charge in [0.25, 0.3) is 11.8 Å². The molecule has 0 atom stereocenters. The summed E-state index contributed by atoms with van der Waals surface area (Å²) in [6.07, 6.45) is 10.9. The molecule has 0 fully saturated rings. The van der Waals surface area contributed by atoms with Crippen LogP contribution in [0.4, 0.5) is 45.5 Å². The van der Waals surface area contributed by atoms with Crippen LogP contribution >= 0.6 is 48.8 Å². The van der Waals surface area contributed by atoms with Crippen molar-refractivity contribution in [3.63, 3.8) is 0 Å². The van der Waals surface area contributed by atoms with Gasteiger partial charge in [-0.3, -0.25) is 29.4 Å². The third kappa shape index (κ3) is 8.63. The van der Waals surface area contributed by atoms with E-state index in [4.69, 9.17) is 18.8 Å². The van der Waals surface area contributed by atoms with Gasteiger partial charge in [0.1, 0.15) is 11.2 Å². The molecule has 2 amide bonds. The first-order valence-electron chi connectivity index (χ1n) is 26.5. The molecule has 2 aliphatic heterocycles. The summed E-state index contributed by atoms with van der Waals surface area (Å²) in [6, 6.07) is 64.9. The van der Waals surface area contributed by atoms with Crippen molar-refractivity contribution in [2.75, 3.05) is 32.1 Å². The number of carbonyl (C=O) groups is 2. The molecule has 2 aliphatic rings. The number of hydrogen-bond donors (Lipinski definition) is 2. The average molecular weight is 1140 g/mol. The third-order valence-electron chi connectivity index (χ3n) is 15.3. The maximum atomic E-state index is 16.4. The van der Waals surface area contributed by atoms with E-state index in [0.717, 1.165) is 76.6 Å². The Kier molecular flexibility index (Phi) is 13.2. The zero-order valence-corrected chi connectivity index (χ0v) is 47.6. The van der Waals surface area contributed by atoms with Crippen LogP contribution < -0.4 is 19.6 Å². The van der Waals surface area contributed by atoms with Crippen molar-refractivity contribution < 1.29 is 18.4 Å². The molecule has 0 unspecified atom stereocenters. The highest BCUT2D eigenvalue weighted by Crippen LogP contribution is 2.54. The van der Waals surface area contributed by atoms with E-state index in [1.165, 1.54) is 0 Å². The first-order valence-corrected chi connectivity index (χ1v) is 30.2. The third-order valence-corrected chi connectivity index (χ3v) is 17.5. The highest BCUT2D eigenvalue weighted by atomic mass is 32.2. The number of benzene rings is 8. The number of pyridine rings is 2. The second-order valence-corrected chi connectivity index (χ2v) is 22.2. The fourth-order valence-electron chi connectivity index (χ4n) is 11.4. The van der Waals surface area contributed by atoms with Crippen molar-refractivity contribution in [3.8, 4) is 0 Å².